The Labute approximate surface area is 148 Å². The fraction of sp³-hybridized carbons (Fsp3) is 0.556. The van der Waals surface area contributed by atoms with Crippen LogP contribution in [0.1, 0.15) is 87.3 Å². The lowest BCUT2D eigenvalue weighted by molar-refractivity contribution is 0.0902. The van der Waals surface area contributed by atoms with Gasteiger partial charge in [0.2, 0.25) is 0 Å². The van der Waals surface area contributed by atoms with Crippen LogP contribution in [-0.2, 0) is 0 Å². The van der Waals surface area contributed by atoms with E-state index in [0.717, 1.165) is 49.9 Å². The van der Waals surface area contributed by atoms with Crippen LogP contribution in [0.4, 0.5) is 0 Å². The zero-order valence-corrected chi connectivity index (χ0v) is 15.5. The molecule has 7 heteroatoms. The van der Waals surface area contributed by atoms with Gasteiger partial charge in [-0.15, -0.1) is 0 Å². The van der Waals surface area contributed by atoms with E-state index in [-0.39, 0.29) is 11.5 Å². The number of furan rings is 1. The predicted molar refractivity (Wildman–Crippen MR) is 98.9 cm³/mol. The molecule has 0 bridgehead atoms. The van der Waals surface area contributed by atoms with Crippen LogP contribution in [-0.4, -0.2) is 23.2 Å². The van der Waals surface area contributed by atoms with Gasteiger partial charge >= 0.3 is 11.8 Å². The summed E-state index contributed by atoms with van der Waals surface area (Å²) >= 11 is 0. The highest BCUT2D eigenvalue weighted by molar-refractivity contribution is 5.96. The number of hydrogen-bond acceptors (Lipinski definition) is 5. The van der Waals surface area contributed by atoms with Gasteiger partial charge in [0.1, 0.15) is 0 Å². The van der Waals surface area contributed by atoms with Gasteiger partial charge in [-0.2, -0.15) is 10.2 Å². The number of hydrazone groups is 2. The van der Waals surface area contributed by atoms with Crippen LogP contribution in [0.15, 0.2) is 26.8 Å². The second-order valence-electron chi connectivity index (χ2n) is 5.95. The summed E-state index contributed by atoms with van der Waals surface area (Å²) in [5.41, 5.74) is 6.55. The van der Waals surface area contributed by atoms with Gasteiger partial charge in [0.25, 0.3) is 0 Å². The molecule has 0 spiro atoms. The van der Waals surface area contributed by atoms with E-state index in [0.29, 0.717) is 0 Å². The quantitative estimate of drug-likeness (QED) is 0.496. The van der Waals surface area contributed by atoms with Gasteiger partial charge in [-0.05, 0) is 51.7 Å². The van der Waals surface area contributed by atoms with E-state index in [9.17, 15) is 9.59 Å². The molecule has 0 fully saturated rings. The average molecular weight is 348 g/mol. The second kappa shape index (κ2) is 11.2. The lowest BCUT2D eigenvalue weighted by Crippen LogP contribution is -2.20. The topological polar surface area (TPSA) is 96.1 Å². The number of hydrogen-bond donors (Lipinski definition) is 2. The summed E-state index contributed by atoms with van der Waals surface area (Å²) in [5.74, 6) is -0.914. The van der Waals surface area contributed by atoms with E-state index in [1.165, 1.54) is 12.1 Å². The van der Waals surface area contributed by atoms with E-state index in [1.807, 2.05) is 13.8 Å². The van der Waals surface area contributed by atoms with Gasteiger partial charge in [0.15, 0.2) is 11.5 Å². The summed E-state index contributed by atoms with van der Waals surface area (Å²) in [5, 5.41) is 8.03. The van der Waals surface area contributed by atoms with Crippen molar-refractivity contribution in [3.8, 4) is 0 Å². The lowest BCUT2D eigenvalue weighted by atomic mass is 10.2. The highest BCUT2D eigenvalue weighted by Gasteiger charge is 2.15. The molecule has 1 rings (SSSR count). The number of carbonyl (C=O) groups is 2. The Morgan fingerprint density at radius 2 is 1.28 bits per heavy atom. The van der Waals surface area contributed by atoms with Crippen LogP contribution in [0.2, 0.25) is 0 Å². The van der Waals surface area contributed by atoms with E-state index < -0.39 is 11.8 Å². The minimum Gasteiger partial charge on any atom is -0.446 e. The first-order valence-corrected chi connectivity index (χ1v) is 8.74. The van der Waals surface area contributed by atoms with Crippen molar-refractivity contribution in [3.05, 3.63) is 23.7 Å². The normalized spacial score (nSPS) is 12.2. The first kappa shape index (κ1) is 20.6. The molecule has 0 saturated carbocycles. The predicted octanol–water partition coefficient (Wildman–Crippen LogP) is 3.87. The number of carbonyl (C=O) groups excluding carboxylic acids is 2. The summed E-state index contributed by atoms with van der Waals surface area (Å²) in [4.78, 5) is 23.9. The molecule has 0 saturated heterocycles. The van der Waals surface area contributed by atoms with E-state index in [2.05, 4.69) is 34.9 Å². The van der Waals surface area contributed by atoms with Crippen LogP contribution in [0.5, 0.6) is 0 Å². The van der Waals surface area contributed by atoms with Crippen molar-refractivity contribution in [2.75, 3.05) is 0 Å². The molecule has 0 aliphatic rings. The Balaban J connectivity index is 2.57. The molecule has 1 aromatic rings. The number of unbranched alkanes of at least 4 members (excludes halogenated alkanes) is 2. The SMILES string of the molecule is CCCCC(C)=NNC(=O)c1ccc(C(=O)NN=C(C)CCCC)o1. The minimum atomic E-state index is -0.488. The fourth-order valence-corrected chi connectivity index (χ4v) is 1.96. The van der Waals surface area contributed by atoms with Crippen molar-refractivity contribution >= 4 is 23.2 Å². The second-order valence-corrected chi connectivity index (χ2v) is 5.95. The van der Waals surface area contributed by atoms with Gasteiger partial charge in [-0.1, -0.05) is 26.7 Å². The molecule has 1 heterocycles. The molecular weight excluding hydrogens is 320 g/mol. The first-order valence-electron chi connectivity index (χ1n) is 8.74. The summed E-state index contributed by atoms with van der Waals surface area (Å²) in [6.45, 7) is 7.90. The van der Waals surface area contributed by atoms with Crippen LogP contribution < -0.4 is 10.9 Å². The molecule has 1 aromatic heterocycles. The van der Waals surface area contributed by atoms with Crippen molar-refractivity contribution in [1.29, 1.82) is 0 Å². The number of rotatable bonds is 10. The highest BCUT2D eigenvalue weighted by atomic mass is 16.4. The summed E-state index contributed by atoms with van der Waals surface area (Å²) in [7, 11) is 0. The monoisotopic (exact) mass is 348 g/mol. The lowest BCUT2D eigenvalue weighted by Gasteiger charge is -2.01. The van der Waals surface area contributed by atoms with Gasteiger partial charge in [0, 0.05) is 11.4 Å². The zero-order valence-electron chi connectivity index (χ0n) is 15.5. The van der Waals surface area contributed by atoms with E-state index in [4.69, 9.17) is 4.42 Å². The third-order valence-corrected chi connectivity index (χ3v) is 3.53. The summed E-state index contributed by atoms with van der Waals surface area (Å²) < 4.78 is 5.27. The largest absolute Gasteiger partial charge is 0.446 e. The van der Waals surface area contributed by atoms with E-state index >= 15 is 0 Å². The third kappa shape index (κ3) is 7.78. The van der Waals surface area contributed by atoms with Gasteiger partial charge < -0.3 is 4.42 Å². The molecule has 0 aliphatic carbocycles. The van der Waals surface area contributed by atoms with Crippen LogP contribution in [0, 0.1) is 0 Å². The maximum absolute atomic E-state index is 12.0. The Morgan fingerprint density at radius 3 is 1.64 bits per heavy atom. The maximum Gasteiger partial charge on any atom is 0.307 e. The molecule has 0 unspecified atom stereocenters. The van der Waals surface area contributed by atoms with Crippen molar-refractivity contribution in [1.82, 2.24) is 10.9 Å². The van der Waals surface area contributed by atoms with Gasteiger partial charge in [-0.3, -0.25) is 9.59 Å². The third-order valence-electron chi connectivity index (χ3n) is 3.53. The zero-order chi connectivity index (χ0) is 18.7. The van der Waals surface area contributed by atoms with Crippen molar-refractivity contribution in [3.63, 3.8) is 0 Å². The Bertz CT molecular complexity index is 580. The molecule has 2 N–H and O–H groups in total. The average Bonchev–Trinajstić information content (AvgIpc) is 3.10. The standard InChI is InChI=1S/C18H28N4O3/c1-5-7-9-13(3)19-21-17(23)15-11-12-16(25-15)18(24)22-20-14(4)10-8-6-2/h11-12H,5-10H2,1-4H3,(H,21,23)(H,22,24). The van der Waals surface area contributed by atoms with Crippen LogP contribution in [0.3, 0.4) is 0 Å². The molecule has 25 heavy (non-hydrogen) atoms. The van der Waals surface area contributed by atoms with Gasteiger partial charge in [-0.25, -0.2) is 10.9 Å². The Hall–Kier alpha value is -2.44. The number of nitrogens with one attached hydrogen (secondary N) is 2. The van der Waals surface area contributed by atoms with Crippen molar-refractivity contribution in [2.45, 2.75) is 66.2 Å². The fourth-order valence-electron chi connectivity index (χ4n) is 1.96. The van der Waals surface area contributed by atoms with Gasteiger partial charge in [0.05, 0.1) is 0 Å². The molecule has 0 aromatic carbocycles. The smallest absolute Gasteiger partial charge is 0.307 e. The first-order chi connectivity index (χ1) is 12.0. The summed E-state index contributed by atoms with van der Waals surface area (Å²) in [6, 6.07) is 2.88. The maximum atomic E-state index is 12.0. The highest BCUT2D eigenvalue weighted by Crippen LogP contribution is 2.08. The summed E-state index contributed by atoms with van der Waals surface area (Å²) in [6.07, 6.45) is 5.84. The van der Waals surface area contributed by atoms with Crippen molar-refractivity contribution in [2.24, 2.45) is 10.2 Å². The molecule has 0 atom stereocenters. The number of amides is 2. The van der Waals surface area contributed by atoms with Crippen molar-refractivity contribution < 1.29 is 14.0 Å². The van der Waals surface area contributed by atoms with Crippen LogP contribution in [0.25, 0.3) is 0 Å². The molecule has 0 aliphatic heterocycles. The molecular formula is C18H28N4O3. The Morgan fingerprint density at radius 1 is 0.880 bits per heavy atom. The molecule has 138 valence electrons. The minimum absolute atomic E-state index is 0.0314. The molecule has 0 radical (unpaired) electrons. The van der Waals surface area contributed by atoms with E-state index in [1.54, 1.807) is 0 Å². The molecule has 2 amide bonds. The molecule has 7 nitrogen and oxygen atoms in total. The number of nitrogens with zero attached hydrogens (tertiary/aromatic N) is 2. The Kier molecular flexibility index (Phi) is 9.21. The van der Waals surface area contributed by atoms with Crippen LogP contribution >= 0.6 is 0 Å².